The lowest BCUT2D eigenvalue weighted by Gasteiger charge is -2.16. The third-order valence-electron chi connectivity index (χ3n) is 3.09. The van der Waals surface area contributed by atoms with E-state index in [1.165, 1.54) is 15.8 Å². The molecule has 0 unspecified atom stereocenters. The van der Waals surface area contributed by atoms with E-state index in [0.29, 0.717) is 5.65 Å². The van der Waals surface area contributed by atoms with Gasteiger partial charge in [0, 0.05) is 0 Å². The lowest BCUT2D eigenvalue weighted by atomic mass is 10.0. The molecule has 1 atom stereocenters. The zero-order valence-corrected chi connectivity index (χ0v) is 10.8. The zero-order valence-electron chi connectivity index (χ0n) is 10.8. The van der Waals surface area contributed by atoms with Crippen molar-refractivity contribution in [1.29, 1.82) is 0 Å². The third kappa shape index (κ3) is 2.24. The molecule has 2 heterocycles. The quantitative estimate of drug-likeness (QED) is 0.774. The highest BCUT2D eigenvalue weighted by Gasteiger charge is 2.09. The zero-order chi connectivity index (χ0) is 13.2. The van der Waals surface area contributed by atoms with Gasteiger partial charge < -0.3 is 5.32 Å². The first-order valence-corrected chi connectivity index (χ1v) is 6.11. The number of benzene rings is 1. The number of fused-ring (bicyclic) bond motifs is 1. The molecular formula is C13H14N6. The second-order valence-corrected chi connectivity index (χ2v) is 4.47. The van der Waals surface area contributed by atoms with E-state index >= 15 is 0 Å². The predicted molar refractivity (Wildman–Crippen MR) is 71.8 cm³/mol. The van der Waals surface area contributed by atoms with Crippen molar-refractivity contribution in [2.75, 3.05) is 5.32 Å². The summed E-state index contributed by atoms with van der Waals surface area (Å²) in [4.78, 5) is 0. The van der Waals surface area contributed by atoms with Crippen molar-refractivity contribution < 1.29 is 0 Å². The Morgan fingerprint density at radius 1 is 1.16 bits per heavy atom. The molecule has 0 bridgehead atoms. The number of aryl methyl sites for hydroxylation is 1. The molecular weight excluding hydrogens is 240 g/mol. The molecule has 0 saturated heterocycles. The Bertz CT molecular complexity index is 705. The molecule has 0 spiro atoms. The van der Waals surface area contributed by atoms with Crippen molar-refractivity contribution >= 4 is 11.5 Å². The van der Waals surface area contributed by atoms with Crippen LogP contribution >= 0.6 is 0 Å². The van der Waals surface area contributed by atoms with Crippen molar-refractivity contribution in [3.63, 3.8) is 0 Å². The summed E-state index contributed by atoms with van der Waals surface area (Å²) in [5, 5.41) is 18.8. The average molecular weight is 254 g/mol. The molecule has 0 radical (unpaired) electrons. The van der Waals surface area contributed by atoms with Crippen LogP contribution in [0.3, 0.4) is 0 Å². The molecule has 0 amide bonds. The first kappa shape index (κ1) is 11.6. The van der Waals surface area contributed by atoms with Gasteiger partial charge in [0.15, 0.2) is 5.65 Å². The molecule has 0 aliphatic rings. The number of hydrogen-bond donors (Lipinski definition) is 1. The van der Waals surface area contributed by atoms with E-state index in [2.05, 4.69) is 51.9 Å². The largest absolute Gasteiger partial charge is 0.362 e. The minimum Gasteiger partial charge on any atom is -0.362 e. The SMILES string of the molecule is Cc1ccccc1[C@@H](C)Nc1ccc2nnnn2n1. The molecule has 2 aromatic heterocycles. The van der Waals surface area contributed by atoms with Crippen LogP contribution in [0, 0.1) is 6.92 Å². The molecule has 0 saturated carbocycles. The average Bonchev–Trinajstić information content (AvgIpc) is 2.86. The first-order valence-electron chi connectivity index (χ1n) is 6.11. The van der Waals surface area contributed by atoms with Crippen molar-refractivity contribution in [1.82, 2.24) is 25.3 Å². The van der Waals surface area contributed by atoms with Crippen LogP contribution in [0.1, 0.15) is 24.1 Å². The van der Waals surface area contributed by atoms with Crippen molar-refractivity contribution in [2.24, 2.45) is 0 Å². The van der Waals surface area contributed by atoms with Gasteiger partial charge in [-0.15, -0.1) is 14.8 Å². The van der Waals surface area contributed by atoms with Crippen LogP contribution in [0.2, 0.25) is 0 Å². The monoisotopic (exact) mass is 254 g/mol. The lowest BCUT2D eigenvalue weighted by molar-refractivity contribution is 0.727. The minimum absolute atomic E-state index is 0.169. The van der Waals surface area contributed by atoms with Crippen LogP contribution in [-0.4, -0.2) is 25.3 Å². The third-order valence-corrected chi connectivity index (χ3v) is 3.09. The highest BCUT2D eigenvalue weighted by molar-refractivity contribution is 5.44. The van der Waals surface area contributed by atoms with Crippen molar-refractivity contribution in [2.45, 2.75) is 19.9 Å². The number of nitrogens with zero attached hydrogens (tertiary/aromatic N) is 5. The summed E-state index contributed by atoms with van der Waals surface area (Å²) in [5.74, 6) is 0.746. The number of rotatable bonds is 3. The highest BCUT2D eigenvalue weighted by Crippen LogP contribution is 2.20. The molecule has 1 N–H and O–H groups in total. The predicted octanol–water partition coefficient (Wildman–Crippen LogP) is 2.00. The molecule has 0 fully saturated rings. The maximum absolute atomic E-state index is 4.30. The lowest BCUT2D eigenvalue weighted by Crippen LogP contribution is -2.10. The molecule has 1 aromatic carbocycles. The fourth-order valence-corrected chi connectivity index (χ4v) is 2.10. The summed E-state index contributed by atoms with van der Waals surface area (Å²) in [7, 11) is 0. The van der Waals surface area contributed by atoms with Crippen LogP contribution < -0.4 is 5.32 Å². The molecule has 3 rings (SSSR count). The van der Waals surface area contributed by atoms with E-state index in [1.54, 1.807) is 0 Å². The summed E-state index contributed by atoms with van der Waals surface area (Å²) in [6.45, 7) is 4.21. The highest BCUT2D eigenvalue weighted by atomic mass is 15.6. The second kappa shape index (κ2) is 4.64. The fraction of sp³-hybridized carbons (Fsp3) is 0.231. The summed E-state index contributed by atoms with van der Waals surface area (Å²) < 4.78 is 1.41. The van der Waals surface area contributed by atoms with Gasteiger partial charge in [-0.2, -0.15) is 0 Å². The minimum atomic E-state index is 0.169. The number of aromatic nitrogens is 5. The van der Waals surface area contributed by atoms with E-state index in [4.69, 9.17) is 0 Å². The number of anilines is 1. The van der Waals surface area contributed by atoms with Gasteiger partial charge in [0.05, 0.1) is 6.04 Å². The Morgan fingerprint density at radius 2 is 2.00 bits per heavy atom. The van der Waals surface area contributed by atoms with Gasteiger partial charge in [0.25, 0.3) is 0 Å². The van der Waals surface area contributed by atoms with Crippen molar-refractivity contribution in [3.8, 4) is 0 Å². The summed E-state index contributed by atoms with van der Waals surface area (Å²) >= 11 is 0. The van der Waals surface area contributed by atoms with Crippen LogP contribution in [-0.2, 0) is 0 Å². The first-order chi connectivity index (χ1) is 9.24. The molecule has 3 aromatic rings. The molecule has 0 aliphatic carbocycles. The second-order valence-electron chi connectivity index (χ2n) is 4.47. The number of tetrazole rings is 1. The maximum Gasteiger partial charge on any atom is 0.200 e. The van der Waals surface area contributed by atoms with E-state index in [-0.39, 0.29) is 6.04 Å². The van der Waals surface area contributed by atoms with Gasteiger partial charge >= 0.3 is 0 Å². The Kier molecular flexibility index (Phi) is 2.83. The Balaban J connectivity index is 1.86. The molecule has 6 nitrogen and oxygen atoms in total. The van der Waals surface area contributed by atoms with Gasteiger partial charge in [0.1, 0.15) is 5.82 Å². The smallest absolute Gasteiger partial charge is 0.200 e. The van der Waals surface area contributed by atoms with E-state index < -0.39 is 0 Å². The van der Waals surface area contributed by atoms with Crippen LogP contribution in [0.25, 0.3) is 5.65 Å². The normalized spacial score (nSPS) is 12.5. The van der Waals surface area contributed by atoms with Gasteiger partial charge in [-0.25, -0.2) is 0 Å². The van der Waals surface area contributed by atoms with Gasteiger partial charge in [-0.3, -0.25) is 0 Å². The van der Waals surface area contributed by atoms with Gasteiger partial charge in [-0.05, 0) is 47.5 Å². The summed E-state index contributed by atoms with van der Waals surface area (Å²) in [5.41, 5.74) is 3.14. The van der Waals surface area contributed by atoms with Crippen LogP contribution in [0.15, 0.2) is 36.4 Å². The Morgan fingerprint density at radius 3 is 2.84 bits per heavy atom. The summed E-state index contributed by atoms with van der Waals surface area (Å²) in [6.07, 6.45) is 0. The van der Waals surface area contributed by atoms with E-state index in [9.17, 15) is 0 Å². The molecule has 0 aliphatic heterocycles. The van der Waals surface area contributed by atoms with Crippen LogP contribution in [0.4, 0.5) is 5.82 Å². The maximum atomic E-state index is 4.30. The molecule has 6 heteroatoms. The molecule has 96 valence electrons. The number of hydrogen-bond acceptors (Lipinski definition) is 5. The Labute approximate surface area is 110 Å². The van der Waals surface area contributed by atoms with Gasteiger partial charge in [-0.1, -0.05) is 24.3 Å². The Hall–Kier alpha value is -2.50. The standard InChI is InChI=1S/C13H14N6/c1-9-5-3-4-6-11(9)10(2)14-12-7-8-13-15-17-18-19(13)16-12/h3-8,10H,1-2H3,(H,14,16)/t10-/m1/s1. The van der Waals surface area contributed by atoms with Gasteiger partial charge in [0.2, 0.25) is 0 Å². The summed E-state index contributed by atoms with van der Waals surface area (Å²) in [6, 6.07) is 12.2. The molecule has 19 heavy (non-hydrogen) atoms. The van der Waals surface area contributed by atoms with Crippen molar-refractivity contribution in [3.05, 3.63) is 47.5 Å². The van der Waals surface area contributed by atoms with E-state index in [1.807, 2.05) is 24.3 Å². The fourth-order valence-electron chi connectivity index (χ4n) is 2.10. The van der Waals surface area contributed by atoms with E-state index in [0.717, 1.165) is 5.82 Å². The topological polar surface area (TPSA) is 68.0 Å². The number of nitrogens with one attached hydrogen (secondary N) is 1. The van der Waals surface area contributed by atoms with Crippen LogP contribution in [0.5, 0.6) is 0 Å².